The van der Waals surface area contributed by atoms with Gasteiger partial charge in [0.2, 0.25) is 0 Å². The van der Waals surface area contributed by atoms with Crippen LogP contribution in [0.4, 0.5) is 0 Å². The van der Waals surface area contributed by atoms with Gasteiger partial charge in [0.15, 0.2) is 0 Å². The lowest BCUT2D eigenvalue weighted by Crippen LogP contribution is -1.85. The molecule has 0 aromatic carbocycles. The van der Waals surface area contributed by atoms with E-state index >= 15 is 0 Å². The highest BCUT2D eigenvalue weighted by Crippen LogP contribution is 2.01. The Morgan fingerprint density at radius 1 is 1.89 bits per heavy atom. The van der Waals surface area contributed by atoms with Crippen LogP contribution >= 0.6 is 11.8 Å². The minimum absolute atomic E-state index is 0.372. The molecule has 0 saturated heterocycles. The van der Waals surface area contributed by atoms with Crippen molar-refractivity contribution in [2.24, 2.45) is 0 Å². The monoisotopic (exact) mass is 142 g/mol. The molecule has 0 aliphatic heterocycles. The second-order valence-corrected chi connectivity index (χ2v) is 1.99. The average Bonchev–Trinajstić information content (AvgIpc) is 1.91. The number of thioether (sulfide) groups is 1. The molecular weight excluding hydrogens is 136 g/mol. The summed E-state index contributed by atoms with van der Waals surface area (Å²) >= 11 is 0.991. The van der Waals surface area contributed by atoms with Crippen molar-refractivity contribution in [1.29, 1.82) is 10.7 Å². The maximum Gasteiger partial charge on any atom is 0.133 e. The van der Waals surface area contributed by atoms with Gasteiger partial charge in [-0.25, -0.2) is 0 Å². The lowest BCUT2D eigenvalue weighted by atomic mass is 10.4. The highest BCUT2D eigenvalue weighted by atomic mass is 32.2. The molecule has 0 spiro atoms. The molecule has 4 heteroatoms. The Balaban J connectivity index is 3.61. The Morgan fingerprint density at radius 2 is 2.56 bits per heavy atom. The summed E-state index contributed by atoms with van der Waals surface area (Å²) in [6.45, 7) is 0. The van der Waals surface area contributed by atoms with Crippen LogP contribution < -0.4 is 0 Å². The molecular formula is C5H6N2OS. The lowest BCUT2D eigenvalue weighted by Gasteiger charge is -1.88. The normalized spacial score (nSPS) is 10.3. The third-order valence-electron chi connectivity index (χ3n) is 0.655. The smallest absolute Gasteiger partial charge is 0.133 e. The van der Waals surface area contributed by atoms with Crippen LogP contribution in [0.1, 0.15) is 0 Å². The number of thiocyanates is 1. The molecule has 0 amide bonds. The Hall–Kier alpha value is -0.950. The van der Waals surface area contributed by atoms with Crippen LogP contribution in [0.15, 0.2) is 11.8 Å². The number of hydrogen-bond donors (Lipinski definition) is 2. The lowest BCUT2D eigenvalue weighted by molar-refractivity contribution is 0.470. The van der Waals surface area contributed by atoms with E-state index in [1.54, 1.807) is 0 Å². The van der Waals surface area contributed by atoms with E-state index in [9.17, 15) is 0 Å². The minimum Gasteiger partial charge on any atom is -0.515 e. The van der Waals surface area contributed by atoms with E-state index < -0.39 is 0 Å². The fourth-order valence-corrected chi connectivity index (χ4v) is 0.621. The van der Waals surface area contributed by atoms with Crippen LogP contribution in [0.3, 0.4) is 0 Å². The molecule has 2 N–H and O–H groups in total. The summed E-state index contributed by atoms with van der Waals surface area (Å²) in [6, 6.07) is 0. The zero-order chi connectivity index (χ0) is 7.11. The Bertz CT molecular complexity index is 159. The van der Waals surface area contributed by atoms with Gasteiger partial charge in [0, 0.05) is 17.5 Å². The first-order chi connectivity index (χ1) is 4.35. The Labute approximate surface area is 57.5 Å². The second-order valence-electron chi connectivity index (χ2n) is 1.23. The molecule has 9 heavy (non-hydrogen) atoms. The fraction of sp³-hybridized carbons (Fsp3) is 0.200. The molecule has 0 saturated carbocycles. The maximum absolute atomic E-state index is 8.32. The van der Waals surface area contributed by atoms with Crippen molar-refractivity contribution in [3.05, 3.63) is 11.8 Å². The van der Waals surface area contributed by atoms with Gasteiger partial charge in [-0.05, 0) is 11.8 Å². The van der Waals surface area contributed by atoms with E-state index in [2.05, 4.69) is 0 Å². The van der Waals surface area contributed by atoms with Gasteiger partial charge in [0.05, 0.1) is 6.26 Å². The van der Waals surface area contributed by atoms with Gasteiger partial charge in [-0.3, -0.25) is 0 Å². The first-order valence-corrected chi connectivity index (χ1v) is 3.18. The zero-order valence-corrected chi connectivity index (χ0v) is 5.48. The predicted octanol–water partition coefficient (Wildman–Crippen LogP) is 1.29. The SMILES string of the molecule is N#CSC/C(C=N)=C/O. The largest absolute Gasteiger partial charge is 0.515 e. The van der Waals surface area contributed by atoms with Gasteiger partial charge in [0.25, 0.3) is 0 Å². The first-order valence-electron chi connectivity index (χ1n) is 2.19. The van der Waals surface area contributed by atoms with Crippen molar-refractivity contribution < 1.29 is 5.11 Å². The van der Waals surface area contributed by atoms with Gasteiger partial charge in [-0.1, -0.05) is 0 Å². The highest BCUT2D eigenvalue weighted by Gasteiger charge is 1.90. The van der Waals surface area contributed by atoms with E-state index in [-0.39, 0.29) is 0 Å². The quantitative estimate of drug-likeness (QED) is 0.354. The number of hydrogen-bond acceptors (Lipinski definition) is 4. The van der Waals surface area contributed by atoms with E-state index in [0.29, 0.717) is 11.3 Å². The number of nitrogens with one attached hydrogen (secondary N) is 1. The summed E-state index contributed by atoms with van der Waals surface area (Å²) in [7, 11) is 0. The molecule has 0 heterocycles. The molecule has 0 bridgehead atoms. The molecule has 0 aromatic rings. The van der Waals surface area contributed by atoms with Crippen molar-refractivity contribution in [2.45, 2.75) is 0 Å². The second kappa shape index (κ2) is 5.19. The van der Waals surface area contributed by atoms with Gasteiger partial charge >= 0.3 is 0 Å². The molecule has 48 valence electrons. The summed E-state index contributed by atoms with van der Waals surface area (Å²) < 4.78 is 0. The standard InChI is InChI=1S/C5H6N2OS/c6-1-5(2-8)3-9-4-7/h1-2,6,8H,3H2/b5-2+,6-1?. The van der Waals surface area contributed by atoms with Crippen LogP contribution in [-0.4, -0.2) is 17.1 Å². The summed E-state index contributed by atoms with van der Waals surface area (Å²) in [4.78, 5) is 0. The zero-order valence-electron chi connectivity index (χ0n) is 4.66. The molecule has 0 aromatic heterocycles. The van der Waals surface area contributed by atoms with Crippen molar-refractivity contribution in [3.63, 3.8) is 0 Å². The molecule has 3 nitrogen and oxygen atoms in total. The number of nitrogens with zero attached hydrogens (tertiary/aromatic N) is 1. The van der Waals surface area contributed by atoms with Crippen LogP contribution in [0.2, 0.25) is 0 Å². The highest BCUT2D eigenvalue weighted by molar-refractivity contribution is 8.03. The Morgan fingerprint density at radius 3 is 2.89 bits per heavy atom. The third-order valence-corrected chi connectivity index (χ3v) is 1.26. The van der Waals surface area contributed by atoms with Gasteiger partial charge in [-0.15, -0.1) is 0 Å². The van der Waals surface area contributed by atoms with E-state index in [4.69, 9.17) is 15.8 Å². The minimum atomic E-state index is 0.372. The van der Waals surface area contributed by atoms with Crippen molar-refractivity contribution in [3.8, 4) is 5.40 Å². The summed E-state index contributed by atoms with van der Waals surface area (Å²) in [5, 5.41) is 24.8. The molecule has 0 unspecified atom stereocenters. The van der Waals surface area contributed by atoms with Crippen LogP contribution in [0.25, 0.3) is 0 Å². The third kappa shape index (κ3) is 3.62. The molecule has 0 rings (SSSR count). The molecule has 0 aliphatic rings. The molecule has 0 aliphatic carbocycles. The average molecular weight is 142 g/mol. The fourth-order valence-electron chi connectivity index (χ4n) is 0.232. The number of aliphatic hydroxyl groups is 1. The van der Waals surface area contributed by atoms with Crippen LogP contribution in [0.5, 0.6) is 0 Å². The number of nitriles is 1. The van der Waals surface area contributed by atoms with Crippen molar-refractivity contribution in [2.75, 3.05) is 5.75 Å². The maximum atomic E-state index is 8.32. The van der Waals surface area contributed by atoms with Crippen molar-refractivity contribution in [1.82, 2.24) is 0 Å². The van der Waals surface area contributed by atoms with Crippen LogP contribution in [0, 0.1) is 16.1 Å². The van der Waals surface area contributed by atoms with Gasteiger partial charge in [0.1, 0.15) is 5.40 Å². The first kappa shape index (κ1) is 8.05. The molecule has 0 fully saturated rings. The number of aliphatic hydroxyl groups excluding tert-OH is 1. The molecule has 0 atom stereocenters. The topological polar surface area (TPSA) is 67.9 Å². The summed E-state index contributed by atoms with van der Waals surface area (Å²) in [5.41, 5.74) is 0.446. The van der Waals surface area contributed by atoms with E-state index in [1.165, 1.54) is 0 Å². The summed E-state index contributed by atoms with van der Waals surface area (Å²) in [6.07, 6.45) is 1.85. The Kier molecular flexibility index (Phi) is 4.64. The van der Waals surface area contributed by atoms with E-state index in [0.717, 1.165) is 24.2 Å². The summed E-state index contributed by atoms with van der Waals surface area (Å²) in [5.74, 6) is 0.372. The molecule has 0 radical (unpaired) electrons. The van der Waals surface area contributed by atoms with Gasteiger partial charge in [-0.2, -0.15) is 5.26 Å². The van der Waals surface area contributed by atoms with Gasteiger partial charge < -0.3 is 10.5 Å². The predicted molar refractivity (Wildman–Crippen MR) is 37.6 cm³/mol. The van der Waals surface area contributed by atoms with Crippen LogP contribution in [-0.2, 0) is 0 Å². The number of rotatable bonds is 3. The van der Waals surface area contributed by atoms with E-state index in [1.807, 2.05) is 5.40 Å². The van der Waals surface area contributed by atoms with Crippen molar-refractivity contribution >= 4 is 18.0 Å².